The quantitative estimate of drug-likeness (QED) is 0.770. The Kier molecular flexibility index (Phi) is 4.56. The van der Waals surface area contributed by atoms with Gasteiger partial charge in [0.1, 0.15) is 0 Å². The van der Waals surface area contributed by atoms with Gasteiger partial charge in [0.15, 0.2) is 0 Å². The van der Waals surface area contributed by atoms with Crippen molar-refractivity contribution in [2.75, 3.05) is 5.32 Å². The van der Waals surface area contributed by atoms with Gasteiger partial charge in [-0.1, -0.05) is 36.4 Å². The molecule has 4 nitrogen and oxygen atoms in total. The van der Waals surface area contributed by atoms with Gasteiger partial charge in [0.2, 0.25) is 0 Å². The molecular weight excluding hydrogens is 331 g/mol. The summed E-state index contributed by atoms with van der Waals surface area (Å²) in [5, 5.41) is 6.56. The van der Waals surface area contributed by atoms with E-state index in [1.807, 2.05) is 30.3 Å². The summed E-state index contributed by atoms with van der Waals surface area (Å²) >= 11 is 0. The number of amides is 1. The lowest BCUT2D eigenvalue weighted by Gasteiger charge is -2.09. The molecule has 0 saturated carbocycles. The van der Waals surface area contributed by atoms with Crippen molar-refractivity contribution in [2.45, 2.75) is 12.7 Å². The zero-order valence-corrected chi connectivity index (χ0v) is 13.0. The van der Waals surface area contributed by atoms with E-state index in [1.165, 1.54) is 18.3 Å². The van der Waals surface area contributed by atoms with Crippen LogP contribution in [0.4, 0.5) is 18.9 Å². The molecule has 0 aliphatic carbocycles. The Labute approximate surface area is 141 Å². The van der Waals surface area contributed by atoms with Crippen LogP contribution in [0.25, 0.3) is 0 Å². The number of nitrogens with zero attached hydrogens (tertiary/aromatic N) is 2. The third kappa shape index (κ3) is 4.26. The fourth-order valence-corrected chi connectivity index (χ4v) is 2.31. The fourth-order valence-electron chi connectivity index (χ4n) is 2.31. The highest BCUT2D eigenvalue weighted by Gasteiger charge is 2.30. The molecule has 0 radical (unpaired) electrons. The van der Waals surface area contributed by atoms with Gasteiger partial charge in [-0.05, 0) is 23.8 Å². The first-order valence-electron chi connectivity index (χ1n) is 7.47. The van der Waals surface area contributed by atoms with Crippen LogP contribution in [0.5, 0.6) is 0 Å². The minimum absolute atomic E-state index is 0.0793. The van der Waals surface area contributed by atoms with E-state index in [-0.39, 0.29) is 11.3 Å². The minimum atomic E-state index is -4.46. The van der Waals surface area contributed by atoms with Gasteiger partial charge in [-0.15, -0.1) is 0 Å². The summed E-state index contributed by atoms with van der Waals surface area (Å²) in [5.74, 6) is -0.515. The van der Waals surface area contributed by atoms with E-state index in [1.54, 1.807) is 10.9 Å². The van der Waals surface area contributed by atoms with Crippen molar-refractivity contribution in [3.63, 3.8) is 0 Å². The van der Waals surface area contributed by atoms with Crippen LogP contribution in [-0.2, 0) is 12.7 Å². The van der Waals surface area contributed by atoms with Crippen molar-refractivity contribution in [2.24, 2.45) is 0 Å². The second-order valence-corrected chi connectivity index (χ2v) is 5.44. The summed E-state index contributed by atoms with van der Waals surface area (Å²) in [4.78, 5) is 12.2. The molecule has 0 fully saturated rings. The predicted molar refractivity (Wildman–Crippen MR) is 87.2 cm³/mol. The number of rotatable bonds is 4. The van der Waals surface area contributed by atoms with Gasteiger partial charge in [0, 0.05) is 11.9 Å². The molecule has 128 valence electrons. The molecular formula is C18H14F3N3O. The highest BCUT2D eigenvalue weighted by molar-refractivity contribution is 6.03. The minimum Gasteiger partial charge on any atom is -0.322 e. The Morgan fingerprint density at radius 1 is 1.08 bits per heavy atom. The molecule has 0 unspecified atom stereocenters. The summed E-state index contributed by atoms with van der Waals surface area (Å²) in [6.45, 7) is 0.498. The number of alkyl halides is 3. The summed E-state index contributed by atoms with van der Waals surface area (Å²) in [5.41, 5.74) is 0.560. The van der Waals surface area contributed by atoms with Crippen LogP contribution in [0.2, 0.25) is 0 Å². The first-order valence-corrected chi connectivity index (χ1v) is 7.47. The number of benzene rings is 2. The van der Waals surface area contributed by atoms with Crippen molar-refractivity contribution in [3.8, 4) is 0 Å². The molecule has 0 aliphatic rings. The average molecular weight is 345 g/mol. The molecule has 1 aromatic heterocycles. The average Bonchev–Trinajstić information content (AvgIpc) is 3.04. The highest BCUT2D eigenvalue weighted by Crippen LogP contribution is 2.30. The molecule has 3 rings (SSSR count). The van der Waals surface area contributed by atoms with Crippen LogP contribution in [0.3, 0.4) is 0 Å². The third-order valence-electron chi connectivity index (χ3n) is 3.53. The van der Waals surface area contributed by atoms with E-state index in [0.717, 1.165) is 17.7 Å². The van der Waals surface area contributed by atoms with Crippen LogP contribution < -0.4 is 5.32 Å². The van der Waals surface area contributed by atoms with Crippen LogP contribution in [0.15, 0.2) is 67.0 Å². The summed E-state index contributed by atoms with van der Waals surface area (Å²) in [7, 11) is 0. The van der Waals surface area contributed by atoms with Gasteiger partial charge in [0.05, 0.1) is 23.9 Å². The Bertz CT molecular complexity index is 873. The van der Waals surface area contributed by atoms with Gasteiger partial charge in [-0.3, -0.25) is 9.48 Å². The van der Waals surface area contributed by atoms with Crippen LogP contribution in [0, 0.1) is 0 Å². The molecule has 1 heterocycles. The largest absolute Gasteiger partial charge is 0.416 e. The maximum Gasteiger partial charge on any atom is 0.416 e. The van der Waals surface area contributed by atoms with E-state index in [0.29, 0.717) is 6.54 Å². The second kappa shape index (κ2) is 6.80. The molecule has 1 amide bonds. The summed E-state index contributed by atoms with van der Waals surface area (Å²) in [6, 6.07) is 14.1. The number of halogens is 3. The summed E-state index contributed by atoms with van der Waals surface area (Å²) < 4.78 is 39.7. The Hall–Kier alpha value is -3.09. The fraction of sp³-hybridized carbons (Fsp3) is 0.111. The van der Waals surface area contributed by atoms with Crippen molar-refractivity contribution >= 4 is 11.6 Å². The molecule has 0 bridgehead atoms. The Balaban J connectivity index is 1.70. The van der Waals surface area contributed by atoms with Gasteiger partial charge in [0.25, 0.3) is 5.91 Å². The lowest BCUT2D eigenvalue weighted by atomic mass is 10.2. The zero-order valence-electron chi connectivity index (χ0n) is 13.0. The standard InChI is InChI=1S/C18H14F3N3O/c19-18(20,21)15-7-4-8-16(9-15)23-17(25)14-10-22-24(12-14)11-13-5-2-1-3-6-13/h1-10,12H,11H2,(H,23,25). The van der Waals surface area contributed by atoms with Crippen molar-refractivity contribution in [3.05, 3.63) is 83.7 Å². The Morgan fingerprint density at radius 2 is 1.84 bits per heavy atom. The number of nitrogens with one attached hydrogen (secondary N) is 1. The van der Waals surface area contributed by atoms with E-state index < -0.39 is 17.6 Å². The number of hydrogen-bond acceptors (Lipinski definition) is 2. The molecule has 2 aromatic carbocycles. The number of anilines is 1. The topological polar surface area (TPSA) is 46.9 Å². The SMILES string of the molecule is O=C(Nc1cccc(C(F)(F)F)c1)c1cnn(Cc2ccccc2)c1. The third-order valence-corrected chi connectivity index (χ3v) is 3.53. The molecule has 1 N–H and O–H groups in total. The number of carbonyl (C=O) groups is 1. The summed E-state index contributed by atoms with van der Waals surface area (Å²) in [6.07, 6.45) is -1.52. The van der Waals surface area contributed by atoms with Crippen molar-refractivity contribution in [1.82, 2.24) is 9.78 Å². The lowest BCUT2D eigenvalue weighted by Crippen LogP contribution is -2.12. The monoisotopic (exact) mass is 345 g/mol. The molecule has 0 atom stereocenters. The Morgan fingerprint density at radius 3 is 2.56 bits per heavy atom. The highest BCUT2D eigenvalue weighted by atomic mass is 19.4. The van der Waals surface area contributed by atoms with Gasteiger partial charge in [-0.25, -0.2) is 0 Å². The van der Waals surface area contributed by atoms with E-state index >= 15 is 0 Å². The number of carbonyl (C=O) groups excluding carboxylic acids is 1. The second-order valence-electron chi connectivity index (χ2n) is 5.44. The maximum atomic E-state index is 12.7. The molecule has 7 heteroatoms. The smallest absolute Gasteiger partial charge is 0.322 e. The number of aromatic nitrogens is 2. The van der Waals surface area contributed by atoms with Crippen LogP contribution in [-0.4, -0.2) is 15.7 Å². The first-order chi connectivity index (χ1) is 11.9. The maximum absolute atomic E-state index is 12.7. The van der Waals surface area contributed by atoms with E-state index in [2.05, 4.69) is 10.4 Å². The molecule has 0 spiro atoms. The molecule has 0 aliphatic heterocycles. The van der Waals surface area contributed by atoms with Crippen LogP contribution >= 0.6 is 0 Å². The first kappa shape index (κ1) is 16.8. The van der Waals surface area contributed by atoms with Gasteiger partial charge >= 0.3 is 6.18 Å². The molecule has 25 heavy (non-hydrogen) atoms. The van der Waals surface area contributed by atoms with Gasteiger partial charge in [-0.2, -0.15) is 18.3 Å². The molecule has 3 aromatic rings. The van der Waals surface area contributed by atoms with E-state index in [9.17, 15) is 18.0 Å². The molecule has 0 saturated heterocycles. The zero-order chi connectivity index (χ0) is 17.9. The normalized spacial score (nSPS) is 11.3. The van der Waals surface area contributed by atoms with Crippen molar-refractivity contribution in [1.29, 1.82) is 0 Å². The predicted octanol–water partition coefficient (Wildman–Crippen LogP) is 4.20. The van der Waals surface area contributed by atoms with Crippen molar-refractivity contribution < 1.29 is 18.0 Å². The van der Waals surface area contributed by atoms with Gasteiger partial charge < -0.3 is 5.32 Å². The number of hydrogen-bond donors (Lipinski definition) is 1. The van der Waals surface area contributed by atoms with Crippen LogP contribution in [0.1, 0.15) is 21.5 Å². The lowest BCUT2D eigenvalue weighted by molar-refractivity contribution is -0.137. The van der Waals surface area contributed by atoms with E-state index in [4.69, 9.17) is 0 Å².